The second-order valence-electron chi connectivity index (χ2n) is 15.3. The molecule has 328 valence electrons. The van der Waals surface area contributed by atoms with Gasteiger partial charge in [-0.25, -0.2) is 18.4 Å². The Bertz CT molecular complexity index is 2250. The number of unbranched alkanes of at least 4 members (excludes halogenated alkanes) is 10. The molecule has 1 aliphatic heterocycles. The number of hydrogen-bond donors (Lipinski definition) is 2. The molecule has 1 aliphatic rings. The molecular weight excluding hydrogens is 892 g/mol. The summed E-state index contributed by atoms with van der Waals surface area (Å²) in [6, 6.07) is 21.9. The fraction of sp³-hybridized carbons (Fsp3) is 0.413. The third-order valence-electron chi connectivity index (χ3n) is 10.6. The Morgan fingerprint density at radius 3 is 2.05 bits per heavy atom. The van der Waals surface area contributed by atoms with Crippen molar-refractivity contribution in [3.8, 4) is 0 Å². The number of hydrogen-bond acceptors (Lipinski definition) is 6. The molecule has 0 aromatic heterocycles. The summed E-state index contributed by atoms with van der Waals surface area (Å²) < 4.78 is 30.0. The lowest BCUT2D eigenvalue weighted by Crippen LogP contribution is -2.36. The number of hydrazine groups is 1. The van der Waals surface area contributed by atoms with Crippen molar-refractivity contribution in [2.45, 2.75) is 125 Å². The zero-order chi connectivity index (χ0) is 44.1. The van der Waals surface area contributed by atoms with E-state index in [0.29, 0.717) is 34.7 Å². The summed E-state index contributed by atoms with van der Waals surface area (Å²) in [7, 11) is -4.01. The van der Waals surface area contributed by atoms with Crippen LogP contribution in [-0.4, -0.2) is 37.9 Å². The van der Waals surface area contributed by atoms with Crippen molar-refractivity contribution < 1.29 is 18.0 Å². The van der Waals surface area contributed by atoms with Crippen LogP contribution in [0.5, 0.6) is 0 Å². The van der Waals surface area contributed by atoms with E-state index in [1.165, 1.54) is 66.4 Å². The molecule has 5 rings (SSSR count). The number of benzene rings is 4. The molecule has 4 aromatic rings. The predicted octanol–water partition coefficient (Wildman–Crippen LogP) is 13.2. The Labute approximate surface area is 385 Å². The van der Waals surface area contributed by atoms with Gasteiger partial charge in [-0.3, -0.25) is 19.3 Å². The fourth-order valence-electron chi connectivity index (χ4n) is 7.24. The summed E-state index contributed by atoms with van der Waals surface area (Å²) in [4.78, 5) is 33.1. The molecule has 61 heavy (non-hydrogen) atoms. The number of primary amides is 1. The molecule has 0 saturated carbocycles. The van der Waals surface area contributed by atoms with Crippen LogP contribution in [0.3, 0.4) is 0 Å². The standard InChI is InChI=1S/C46H55Cl4N5O4S2/c1-4-6-8-9-10-11-12-13-14-15-18-35(44(51)56)32-23-26-36(48)39(28-32)52-45-43(46(57)55(53-45)42-37(49)29-33(47)30-38(42)50)60-41-20-17-16-19-40(41)54(27-7-5-2)61(58,59)34-24-21-31(3)22-25-34/h16-17,19-26,28-30,35,43H,4-15,18,27H2,1-3H3,(H2,51,56)(H,52,53). The Morgan fingerprint density at radius 2 is 1.43 bits per heavy atom. The number of anilines is 2. The highest BCUT2D eigenvalue weighted by atomic mass is 35.5. The summed E-state index contributed by atoms with van der Waals surface area (Å²) in [6.07, 6.45) is 13.7. The van der Waals surface area contributed by atoms with E-state index in [-0.39, 0.29) is 43.1 Å². The van der Waals surface area contributed by atoms with Gasteiger partial charge in [0, 0.05) is 16.5 Å². The number of para-hydroxylation sites is 1. The number of amidine groups is 1. The van der Waals surface area contributed by atoms with E-state index in [2.05, 4.69) is 12.3 Å². The number of thioether (sulfide) groups is 1. The molecule has 2 atom stereocenters. The molecule has 9 nitrogen and oxygen atoms in total. The van der Waals surface area contributed by atoms with Gasteiger partial charge in [0.1, 0.15) is 16.8 Å². The van der Waals surface area contributed by atoms with Gasteiger partial charge in [0.15, 0.2) is 0 Å². The molecule has 0 bridgehead atoms. The van der Waals surface area contributed by atoms with Crippen molar-refractivity contribution in [1.29, 1.82) is 0 Å². The third kappa shape index (κ3) is 12.8. The number of amides is 2. The van der Waals surface area contributed by atoms with Gasteiger partial charge in [-0.15, -0.1) is 11.8 Å². The highest BCUT2D eigenvalue weighted by molar-refractivity contribution is 8.01. The number of halogens is 4. The molecule has 15 heteroatoms. The predicted molar refractivity (Wildman–Crippen MR) is 256 cm³/mol. The van der Waals surface area contributed by atoms with Crippen LogP contribution >= 0.6 is 58.2 Å². The molecule has 1 heterocycles. The van der Waals surface area contributed by atoms with Crippen molar-refractivity contribution in [3.63, 3.8) is 0 Å². The minimum absolute atomic E-state index is 0.120. The lowest BCUT2D eigenvalue weighted by Gasteiger charge is -2.27. The van der Waals surface area contributed by atoms with Crippen LogP contribution in [0.4, 0.5) is 17.1 Å². The van der Waals surface area contributed by atoms with Crippen molar-refractivity contribution in [2.24, 2.45) is 10.7 Å². The van der Waals surface area contributed by atoms with Gasteiger partial charge < -0.3 is 5.73 Å². The molecule has 1 fully saturated rings. The fourth-order valence-corrected chi connectivity index (χ4v) is 11.1. The highest BCUT2D eigenvalue weighted by Gasteiger charge is 2.42. The summed E-state index contributed by atoms with van der Waals surface area (Å²) >= 11 is 27.5. The van der Waals surface area contributed by atoms with Crippen LogP contribution in [0, 0.1) is 6.92 Å². The minimum Gasteiger partial charge on any atom is -0.369 e. The lowest BCUT2D eigenvalue weighted by molar-refractivity contribution is -0.119. The first-order chi connectivity index (χ1) is 29.3. The maximum absolute atomic E-state index is 14.6. The number of nitrogens with zero attached hydrogens (tertiary/aromatic N) is 3. The number of nitrogens with two attached hydrogens (primary N) is 1. The number of nitrogens with one attached hydrogen (secondary N) is 1. The van der Waals surface area contributed by atoms with Gasteiger partial charge in [0.25, 0.3) is 15.9 Å². The Balaban J connectivity index is 1.49. The van der Waals surface area contributed by atoms with E-state index >= 15 is 0 Å². The smallest absolute Gasteiger partial charge is 0.267 e. The van der Waals surface area contributed by atoms with E-state index in [9.17, 15) is 18.0 Å². The van der Waals surface area contributed by atoms with Gasteiger partial charge in [-0.05, 0) is 73.9 Å². The number of aryl methyl sites for hydroxylation is 1. The summed E-state index contributed by atoms with van der Waals surface area (Å²) in [5.74, 6) is -1.30. The van der Waals surface area contributed by atoms with Gasteiger partial charge in [-0.1, -0.05) is 167 Å². The number of carbonyl (C=O) groups excluding carboxylic acids is 2. The van der Waals surface area contributed by atoms with E-state index in [0.717, 1.165) is 43.0 Å². The largest absolute Gasteiger partial charge is 0.369 e. The zero-order valence-electron chi connectivity index (χ0n) is 34.9. The van der Waals surface area contributed by atoms with E-state index in [1.54, 1.807) is 66.7 Å². The van der Waals surface area contributed by atoms with Crippen molar-refractivity contribution in [2.75, 3.05) is 15.9 Å². The first-order valence-electron chi connectivity index (χ1n) is 21.0. The number of aliphatic imine (C=N–C) groups is 1. The van der Waals surface area contributed by atoms with Crippen molar-refractivity contribution in [3.05, 3.63) is 110 Å². The van der Waals surface area contributed by atoms with Crippen molar-refractivity contribution in [1.82, 2.24) is 5.43 Å². The van der Waals surface area contributed by atoms with Crippen LogP contribution in [0.25, 0.3) is 0 Å². The second kappa shape index (κ2) is 23.3. The Hall–Kier alpha value is -3.45. The Kier molecular flexibility index (Phi) is 18.6. The highest BCUT2D eigenvalue weighted by Crippen LogP contribution is 2.43. The summed E-state index contributed by atoms with van der Waals surface area (Å²) in [5.41, 5.74) is 11.6. The first-order valence-corrected chi connectivity index (χ1v) is 24.9. The van der Waals surface area contributed by atoms with Crippen LogP contribution < -0.4 is 20.5 Å². The zero-order valence-corrected chi connectivity index (χ0v) is 39.6. The topological polar surface area (TPSA) is 125 Å². The SMILES string of the molecule is CCCCCCCCCCCCC(C(N)=O)c1ccc(Cl)c(N=C2NN(c3c(Cl)cc(Cl)cc3Cl)C(=O)C2Sc2ccccc2N(CCCC)S(=O)(=O)c2ccc(C)cc2)c1. The lowest BCUT2D eigenvalue weighted by atomic mass is 9.92. The maximum atomic E-state index is 14.6. The van der Waals surface area contributed by atoms with Gasteiger partial charge >= 0.3 is 0 Å². The molecule has 3 N–H and O–H groups in total. The second-order valence-corrected chi connectivity index (χ2v) is 20.0. The van der Waals surface area contributed by atoms with E-state index in [4.69, 9.17) is 57.1 Å². The minimum atomic E-state index is -4.01. The molecule has 2 amide bonds. The third-order valence-corrected chi connectivity index (χ3v) is 14.8. The van der Waals surface area contributed by atoms with Crippen LogP contribution in [-0.2, 0) is 19.6 Å². The number of rotatable bonds is 23. The average Bonchev–Trinajstić information content (AvgIpc) is 3.51. The quantitative estimate of drug-likeness (QED) is 0.0714. The molecule has 0 radical (unpaired) electrons. The van der Waals surface area contributed by atoms with Gasteiger partial charge in [0.05, 0.1) is 37.3 Å². The van der Waals surface area contributed by atoms with Crippen molar-refractivity contribution >= 4 is 103 Å². The van der Waals surface area contributed by atoms with Gasteiger partial charge in [0.2, 0.25) is 5.91 Å². The monoisotopic (exact) mass is 945 g/mol. The molecular formula is C46H55Cl4N5O4S2. The molecule has 0 spiro atoms. The van der Waals surface area contributed by atoms with Gasteiger partial charge in [-0.2, -0.15) is 0 Å². The summed E-state index contributed by atoms with van der Waals surface area (Å²) in [6.45, 7) is 6.33. The average molecular weight is 948 g/mol. The van der Waals surface area contributed by atoms with E-state index in [1.807, 2.05) is 13.8 Å². The van der Waals surface area contributed by atoms with E-state index < -0.39 is 33.0 Å². The number of carbonyl (C=O) groups is 2. The van der Waals surface area contributed by atoms with Crippen LogP contribution in [0.1, 0.15) is 114 Å². The molecule has 2 unspecified atom stereocenters. The Morgan fingerprint density at radius 1 is 0.820 bits per heavy atom. The molecule has 0 aliphatic carbocycles. The number of sulfonamides is 1. The summed E-state index contributed by atoms with van der Waals surface area (Å²) in [5, 5.41) is 0.967. The molecule has 4 aromatic carbocycles. The van der Waals surface area contributed by atoms with Crippen LogP contribution in [0.2, 0.25) is 20.1 Å². The first kappa shape index (κ1) is 48.6. The normalized spacial score (nSPS) is 15.3. The maximum Gasteiger partial charge on any atom is 0.267 e. The van der Waals surface area contributed by atoms with Crippen LogP contribution in [0.15, 0.2) is 93.6 Å². The molecule has 1 saturated heterocycles.